The van der Waals surface area contributed by atoms with E-state index < -0.39 is 0 Å². The molecule has 3 atom stereocenters. The summed E-state index contributed by atoms with van der Waals surface area (Å²) in [6, 6.07) is 0.257. The lowest BCUT2D eigenvalue weighted by Crippen LogP contribution is -2.47. The average molecular weight is 253 g/mol. The van der Waals surface area contributed by atoms with E-state index in [0.29, 0.717) is 5.91 Å². The number of methoxy groups -OCH3 is 1. The molecule has 0 N–H and O–H groups in total. The van der Waals surface area contributed by atoms with Crippen molar-refractivity contribution in [3.05, 3.63) is 0 Å². The molecular formula is C14H23NO3. The van der Waals surface area contributed by atoms with Crippen LogP contribution in [0, 0.1) is 11.8 Å². The molecule has 4 nitrogen and oxygen atoms in total. The second kappa shape index (κ2) is 4.82. The lowest BCUT2D eigenvalue weighted by molar-refractivity contribution is -0.143. The maximum Gasteiger partial charge on any atom is 0.226 e. The molecule has 3 aliphatic rings. The fourth-order valence-electron chi connectivity index (χ4n) is 3.71. The number of carbonyl (C=O) groups is 1. The number of nitrogens with zero attached hydrogens (tertiary/aromatic N) is 1. The van der Waals surface area contributed by atoms with Gasteiger partial charge in [-0.05, 0) is 31.6 Å². The molecule has 0 unspecified atom stereocenters. The highest BCUT2D eigenvalue weighted by atomic mass is 16.5. The molecule has 3 fully saturated rings. The Bertz CT molecular complexity index is 327. The molecule has 4 heteroatoms. The van der Waals surface area contributed by atoms with Crippen LogP contribution in [0.5, 0.6) is 0 Å². The van der Waals surface area contributed by atoms with Crippen LogP contribution in [0.4, 0.5) is 0 Å². The number of hydrogen-bond acceptors (Lipinski definition) is 3. The third-order valence-corrected chi connectivity index (χ3v) is 4.79. The number of amides is 1. The highest BCUT2D eigenvalue weighted by Crippen LogP contribution is 2.38. The van der Waals surface area contributed by atoms with Gasteiger partial charge in [0.2, 0.25) is 5.91 Å². The van der Waals surface area contributed by atoms with Crippen LogP contribution in [-0.2, 0) is 14.3 Å². The second-order valence-corrected chi connectivity index (χ2v) is 6.08. The molecule has 102 valence electrons. The standard InChI is InChI=1S/C14H23NO3/c1-9-6-10(7-9)14(16)15-8-12(17-2)13-11(15)4-3-5-18-13/h9-13H,3-8H2,1-2H3/t9?,10?,11-,12+,13+/m1/s1. The zero-order chi connectivity index (χ0) is 12.7. The van der Waals surface area contributed by atoms with Gasteiger partial charge in [-0.1, -0.05) is 6.92 Å². The Morgan fingerprint density at radius 3 is 2.83 bits per heavy atom. The van der Waals surface area contributed by atoms with E-state index in [2.05, 4.69) is 11.8 Å². The molecule has 1 aliphatic carbocycles. The Balaban J connectivity index is 1.69. The molecule has 1 amide bonds. The minimum atomic E-state index is 0.0664. The van der Waals surface area contributed by atoms with E-state index in [0.717, 1.165) is 44.8 Å². The molecule has 2 aliphatic heterocycles. The smallest absolute Gasteiger partial charge is 0.226 e. The van der Waals surface area contributed by atoms with E-state index in [1.54, 1.807) is 7.11 Å². The van der Waals surface area contributed by atoms with Gasteiger partial charge in [0.15, 0.2) is 0 Å². The van der Waals surface area contributed by atoms with Crippen LogP contribution >= 0.6 is 0 Å². The first-order valence-corrected chi connectivity index (χ1v) is 7.15. The zero-order valence-corrected chi connectivity index (χ0v) is 11.3. The predicted octanol–water partition coefficient (Wildman–Crippen LogP) is 1.44. The maximum absolute atomic E-state index is 12.5. The summed E-state index contributed by atoms with van der Waals surface area (Å²) in [5, 5.41) is 0. The highest BCUT2D eigenvalue weighted by molar-refractivity contribution is 5.80. The van der Waals surface area contributed by atoms with Crippen LogP contribution in [-0.4, -0.2) is 49.3 Å². The summed E-state index contributed by atoms with van der Waals surface area (Å²) in [7, 11) is 1.72. The van der Waals surface area contributed by atoms with Gasteiger partial charge < -0.3 is 14.4 Å². The molecular weight excluding hydrogens is 230 g/mol. The maximum atomic E-state index is 12.5. The summed E-state index contributed by atoms with van der Waals surface area (Å²) in [6.07, 6.45) is 4.42. The number of hydrogen-bond donors (Lipinski definition) is 0. The van der Waals surface area contributed by atoms with E-state index in [-0.39, 0.29) is 24.2 Å². The second-order valence-electron chi connectivity index (χ2n) is 6.08. The van der Waals surface area contributed by atoms with Crippen molar-refractivity contribution >= 4 is 5.91 Å². The normalized spacial score (nSPS) is 43.4. The van der Waals surface area contributed by atoms with Gasteiger partial charge in [-0.15, -0.1) is 0 Å². The van der Waals surface area contributed by atoms with Crippen molar-refractivity contribution < 1.29 is 14.3 Å². The van der Waals surface area contributed by atoms with Crippen molar-refractivity contribution in [1.82, 2.24) is 4.90 Å². The fourth-order valence-corrected chi connectivity index (χ4v) is 3.71. The van der Waals surface area contributed by atoms with Crippen LogP contribution < -0.4 is 0 Å². The number of ether oxygens (including phenoxy) is 2. The van der Waals surface area contributed by atoms with Crippen molar-refractivity contribution in [2.75, 3.05) is 20.3 Å². The third-order valence-electron chi connectivity index (χ3n) is 4.79. The number of likely N-dealkylation sites (tertiary alicyclic amines) is 1. The van der Waals surface area contributed by atoms with E-state index in [1.807, 2.05) is 0 Å². The van der Waals surface area contributed by atoms with Crippen molar-refractivity contribution in [2.45, 2.75) is 50.9 Å². The number of rotatable bonds is 2. The monoisotopic (exact) mass is 253 g/mol. The van der Waals surface area contributed by atoms with Gasteiger partial charge >= 0.3 is 0 Å². The van der Waals surface area contributed by atoms with Gasteiger partial charge in [-0.25, -0.2) is 0 Å². The molecule has 3 rings (SSSR count). The van der Waals surface area contributed by atoms with Gasteiger partial charge in [0.25, 0.3) is 0 Å². The Morgan fingerprint density at radius 1 is 1.39 bits per heavy atom. The molecule has 0 spiro atoms. The van der Waals surface area contributed by atoms with Gasteiger partial charge in [0.05, 0.1) is 6.04 Å². The van der Waals surface area contributed by atoms with Crippen LogP contribution in [0.1, 0.15) is 32.6 Å². The SMILES string of the molecule is CO[C@H]1CN(C(=O)C2CC(C)C2)[C@@H]2CCCO[C@H]12. The van der Waals surface area contributed by atoms with Crippen molar-refractivity contribution in [2.24, 2.45) is 11.8 Å². The molecule has 0 aromatic heterocycles. The molecule has 1 saturated carbocycles. The van der Waals surface area contributed by atoms with Gasteiger partial charge in [0, 0.05) is 26.2 Å². The minimum absolute atomic E-state index is 0.0664. The first-order valence-electron chi connectivity index (χ1n) is 7.15. The van der Waals surface area contributed by atoms with E-state index in [1.165, 1.54) is 0 Å². The molecule has 2 saturated heterocycles. The first kappa shape index (κ1) is 12.4. The largest absolute Gasteiger partial charge is 0.377 e. The number of fused-ring (bicyclic) bond motifs is 1. The van der Waals surface area contributed by atoms with Crippen LogP contribution in [0.25, 0.3) is 0 Å². The molecule has 0 radical (unpaired) electrons. The van der Waals surface area contributed by atoms with Gasteiger partial charge in [-0.3, -0.25) is 4.79 Å². The highest BCUT2D eigenvalue weighted by Gasteiger charge is 2.48. The summed E-state index contributed by atoms with van der Waals surface area (Å²) in [5.74, 6) is 1.32. The summed E-state index contributed by atoms with van der Waals surface area (Å²) in [5.41, 5.74) is 0. The fraction of sp³-hybridized carbons (Fsp3) is 0.929. The lowest BCUT2D eigenvalue weighted by atomic mass is 9.75. The topological polar surface area (TPSA) is 38.8 Å². The first-order chi connectivity index (χ1) is 8.70. The average Bonchev–Trinajstić information content (AvgIpc) is 2.73. The molecule has 18 heavy (non-hydrogen) atoms. The Hall–Kier alpha value is -0.610. The third kappa shape index (κ3) is 1.95. The zero-order valence-electron chi connectivity index (χ0n) is 11.3. The summed E-state index contributed by atoms with van der Waals surface area (Å²) in [4.78, 5) is 14.6. The Kier molecular flexibility index (Phi) is 3.32. The Labute approximate surface area is 109 Å². The quantitative estimate of drug-likeness (QED) is 0.747. The molecule has 0 aromatic carbocycles. The van der Waals surface area contributed by atoms with Crippen molar-refractivity contribution in [1.29, 1.82) is 0 Å². The Morgan fingerprint density at radius 2 is 2.17 bits per heavy atom. The van der Waals surface area contributed by atoms with Gasteiger partial charge in [0.1, 0.15) is 12.2 Å². The van der Waals surface area contributed by atoms with Crippen LogP contribution in [0.3, 0.4) is 0 Å². The van der Waals surface area contributed by atoms with Crippen molar-refractivity contribution in [3.8, 4) is 0 Å². The van der Waals surface area contributed by atoms with E-state index >= 15 is 0 Å². The van der Waals surface area contributed by atoms with E-state index in [4.69, 9.17) is 9.47 Å². The molecule has 0 aromatic rings. The minimum Gasteiger partial charge on any atom is -0.377 e. The van der Waals surface area contributed by atoms with Crippen LogP contribution in [0.15, 0.2) is 0 Å². The molecule has 2 heterocycles. The van der Waals surface area contributed by atoms with Crippen molar-refractivity contribution in [3.63, 3.8) is 0 Å². The summed E-state index contributed by atoms with van der Waals surface area (Å²) >= 11 is 0. The van der Waals surface area contributed by atoms with E-state index in [9.17, 15) is 4.79 Å². The summed E-state index contributed by atoms with van der Waals surface area (Å²) < 4.78 is 11.3. The van der Waals surface area contributed by atoms with Crippen LogP contribution in [0.2, 0.25) is 0 Å². The predicted molar refractivity (Wildman–Crippen MR) is 67.2 cm³/mol. The molecule has 0 bridgehead atoms. The number of carbonyl (C=O) groups excluding carboxylic acids is 1. The summed E-state index contributed by atoms with van der Waals surface area (Å²) in [6.45, 7) is 3.75. The van der Waals surface area contributed by atoms with Gasteiger partial charge in [-0.2, -0.15) is 0 Å². The lowest BCUT2D eigenvalue weighted by Gasteiger charge is -2.38.